The number of hydrogen-bond acceptors (Lipinski definition) is 3. The van der Waals surface area contributed by atoms with Crippen LogP contribution in [-0.2, 0) is 19.3 Å². The van der Waals surface area contributed by atoms with Gasteiger partial charge in [-0.3, -0.25) is 9.59 Å². The molecule has 0 bridgehead atoms. The normalized spacial score (nSPS) is 21.5. The molecule has 1 heterocycles. The molecule has 0 spiro atoms. The Balaban J connectivity index is 2.19. The summed E-state index contributed by atoms with van der Waals surface area (Å²) in [6.45, 7) is 4.11. The van der Waals surface area contributed by atoms with Gasteiger partial charge in [0.25, 0.3) is 0 Å². The molecular formula is C16H20O3. The first-order valence-electron chi connectivity index (χ1n) is 7.19. The van der Waals surface area contributed by atoms with E-state index in [0.29, 0.717) is 24.2 Å². The Labute approximate surface area is 113 Å². The number of fused-ring (bicyclic) bond motifs is 2. The van der Waals surface area contributed by atoms with Gasteiger partial charge in [0.15, 0.2) is 11.2 Å². The van der Waals surface area contributed by atoms with Crippen molar-refractivity contribution in [1.29, 1.82) is 0 Å². The van der Waals surface area contributed by atoms with E-state index in [-0.39, 0.29) is 16.6 Å². The molecule has 0 unspecified atom stereocenters. The second kappa shape index (κ2) is 4.32. The van der Waals surface area contributed by atoms with Crippen molar-refractivity contribution in [3.8, 4) is 0 Å². The molecule has 2 aliphatic carbocycles. The molecule has 0 atom stereocenters. The first-order valence-corrected chi connectivity index (χ1v) is 7.19. The van der Waals surface area contributed by atoms with Crippen LogP contribution in [0.1, 0.15) is 67.0 Å². The van der Waals surface area contributed by atoms with Gasteiger partial charge in [0, 0.05) is 24.8 Å². The number of aryl methyl sites for hydroxylation is 1. The molecule has 1 aromatic rings. The van der Waals surface area contributed by atoms with E-state index in [1.54, 1.807) is 0 Å². The van der Waals surface area contributed by atoms with Crippen molar-refractivity contribution in [2.45, 2.75) is 58.8 Å². The van der Waals surface area contributed by atoms with Crippen LogP contribution in [-0.4, -0.2) is 5.78 Å². The number of carbonyl (C=O) groups is 1. The molecule has 0 amide bonds. The summed E-state index contributed by atoms with van der Waals surface area (Å²) < 4.78 is 5.97. The van der Waals surface area contributed by atoms with Gasteiger partial charge in [-0.25, -0.2) is 0 Å². The fourth-order valence-electron chi connectivity index (χ4n) is 3.31. The lowest BCUT2D eigenvalue weighted by atomic mass is 9.75. The zero-order chi connectivity index (χ0) is 13.6. The average Bonchev–Trinajstić information content (AvgIpc) is 2.51. The third-order valence-corrected chi connectivity index (χ3v) is 4.25. The maximum absolute atomic E-state index is 12.6. The summed E-state index contributed by atoms with van der Waals surface area (Å²) in [7, 11) is 0. The van der Waals surface area contributed by atoms with E-state index in [4.69, 9.17) is 4.42 Å². The summed E-state index contributed by atoms with van der Waals surface area (Å²) in [5.74, 6) is 1.44. The van der Waals surface area contributed by atoms with Crippen molar-refractivity contribution in [2.75, 3.05) is 0 Å². The van der Waals surface area contributed by atoms with Crippen LogP contribution in [0.25, 0.3) is 0 Å². The Morgan fingerprint density at radius 2 is 1.68 bits per heavy atom. The monoisotopic (exact) mass is 260 g/mol. The quantitative estimate of drug-likeness (QED) is 0.673. The zero-order valence-electron chi connectivity index (χ0n) is 11.7. The van der Waals surface area contributed by atoms with Crippen LogP contribution in [0.3, 0.4) is 0 Å². The first-order chi connectivity index (χ1) is 8.98. The molecule has 0 aliphatic heterocycles. The molecule has 19 heavy (non-hydrogen) atoms. The van der Waals surface area contributed by atoms with E-state index in [0.717, 1.165) is 43.4 Å². The molecule has 2 aliphatic rings. The summed E-state index contributed by atoms with van der Waals surface area (Å²) >= 11 is 0. The summed E-state index contributed by atoms with van der Waals surface area (Å²) in [4.78, 5) is 24.8. The number of rotatable bonds is 0. The van der Waals surface area contributed by atoms with E-state index >= 15 is 0 Å². The highest BCUT2D eigenvalue weighted by Gasteiger charge is 2.36. The SMILES string of the molecule is CC1(C)CC(=O)c2c(oc3c(c2=O)CCCCC3)C1. The summed E-state index contributed by atoms with van der Waals surface area (Å²) in [6, 6.07) is 0. The lowest BCUT2D eigenvalue weighted by Crippen LogP contribution is -2.33. The molecule has 0 N–H and O–H groups in total. The molecule has 0 saturated carbocycles. The van der Waals surface area contributed by atoms with Gasteiger partial charge in [0.2, 0.25) is 0 Å². The molecular weight excluding hydrogens is 240 g/mol. The van der Waals surface area contributed by atoms with Gasteiger partial charge in [-0.05, 0) is 24.7 Å². The third-order valence-electron chi connectivity index (χ3n) is 4.25. The minimum atomic E-state index is -0.0982. The number of ketones is 1. The Morgan fingerprint density at radius 3 is 2.47 bits per heavy atom. The van der Waals surface area contributed by atoms with E-state index in [9.17, 15) is 9.59 Å². The zero-order valence-corrected chi connectivity index (χ0v) is 11.7. The number of Topliss-reactive ketones (excluding diaryl/α,β-unsaturated/α-hetero) is 1. The minimum Gasteiger partial charge on any atom is -0.465 e. The van der Waals surface area contributed by atoms with E-state index in [1.165, 1.54) is 0 Å². The van der Waals surface area contributed by atoms with Crippen molar-refractivity contribution < 1.29 is 9.21 Å². The van der Waals surface area contributed by atoms with Crippen molar-refractivity contribution in [2.24, 2.45) is 5.41 Å². The number of carbonyl (C=O) groups excluding carboxylic acids is 1. The highest BCUT2D eigenvalue weighted by atomic mass is 16.3. The van der Waals surface area contributed by atoms with E-state index in [2.05, 4.69) is 13.8 Å². The van der Waals surface area contributed by atoms with Crippen molar-refractivity contribution >= 4 is 5.78 Å². The van der Waals surface area contributed by atoms with Crippen LogP contribution >= 0.6 is 0 Å². The van der Waals surface area contributed by atoms with E-state index < -0.39 is 0 Å². The van der Waals surface area contributed by atoms with Gasteiger partial charge in [-0.2, -0.15) is 0 Å². The smallest absolute Gasteiger partial charge is 0.199 e. The Kier molecular flexibility index (Phi) is 2.88. The van der Waals surface area contributed by atoms with Crippen molar-refractivity contribution in [3.05, 3.63) is 32.9 Å². The molecule has 0 fully saturated rings. The molecule has 3 rings (SSSR count). The van der Waals surface area contributed by atoms with Gasteiger partial charge in [-0.15, -0.1) is 0 Å². The molecule has 1 aromatic heterocycles. The fraction of sp³-hybridized carbons (Fsp3) is 0.625. The number of hydrogen-bond donors (Lipinski definition) is 0. The van der Waals surface area contributed by atoms with E-state index in [1.807, 2.05) is 0 Å². The van der Waals surface area contributed by atoms with Gasteiger partial charge >= 0.3 is 0 Å². The Bertz CT molecular complexity index is 593. The average molecular weight is 260 g/mol. The van der Waals surface area contributed by atoms with Crippen LogP contribution in [0.5, 0.6) is 0 Å². The van der Waals surface area contributed by atoms with Crippen LogP contribution in [0.2, 0.25) is 0 Å². The van der Waals surface area contributed by atoms with Crippen molar-refractivity contribution in [1.82, 2.24) is 0 Å². The van der Waals surface area contributed by atoms with Crippen LogP contribution in [0.15, 0.2) is 9.21 Å². The topological polar surface area (TPSA) is 47.3 Å². The lowest BCUT2D eigenvalue weighted by Gasteiger charge is -2.29. The first kappa shape index (κ1) is 12.6. The maximum Gasteiger partial charge on any atom is 0.199 e. The van der Waals surface area contributed by atoms with Gasteiger partial charge in [0.05, 0.1) is 0 Å². The molecule has 3 heteroatoms. The summed E-state index contributed by atoms with van der Waals surface area (Å²) in [5.41, 5.74) is 0.974. The minimum absolute atomic E-state index is 0.0351. The second-order valence-electron chi connectivity index (χ2n) is 6.63. The predicted molar refractivity (Wildman–Crippen MR) is 72.7 cm³/mol. The Hall–Kier alpha value is -1.38. The van der Waals surface area contributed by atoms with Crippen molar-refractivity contribution in [3.63, 3.8) is 0 Å². The Morgan fingerprint density at radius 1 is 0.947 bits per heavy atom. The van der Waals surface area contributed by atoms with Gasteiger partial charge in [0.1, 0.15) is 17.1 Å². The molecule has 3 nitrogen and oxygen atoms in total. The second-order valence-corrected chi connectivity index (χ2v) is 6.63. The lowest BCUT2D eigenvalue weighted by molar-refractivity contribution is 0.0895. The molecule has 0 saturated heterocycles. The molecule has 102 valence electrons. The summed E-state index contributed by atoms with van der Waals surface area (Å²) in [6.07, 6.45) is 5.98. The predicted octanol–water partition coefficient (Wildman–Crippen LogP) is 3.06. The standard InChI is InChI=1S/C16H20O3/c1-16(2)8-11(17)14-13(9-16)19-12-7-5-3-4-6-10(12)15(14)18/h3-9H2,1-2H3. The highest BCUT2D eigenvalue weighted by Crippen LogP contribution is 2.35. The third kappa shape index (κ3) is 2.15. The molecule has 0 aromatic carbocycles. The molecule has 0 radical (unpaired) electrons. The summed E-state index contributed by atoms with van der Waals surface area (Å²) in [5, 5.41) is 0. The van der Waals surface area contributed by atoms with Gasteiger partial charge < -0.3 is 4.42 Å². The van der Waals surface area contributed by atoms with Crippen LogP contribution < -0.4 is 5.43 Å². The highest BCUT2D eigenvalue weighted by molar-refractivity contribution is 5.98. The fourth-order valence-corrected chi connectivity index (χ4v) is 3.31. The van der Waals surface area contributed by atoms with Crippen LogP contribution in [0.4, 0.5) is 0 Å². The van der Waals surface area contributed by atoms with Gasteiger partial charge in [-0.1, -0.05) is 20.3 Å². The maximum atomic E-state index is 12.6. The largest absolute Gasteiger partial charge is 0.465 e. The van der Waals surface area contributed by atoms with Crippen LogP contribution in [0, 0.1) is 5.41 Å².